The van der Waals surface area contributed by atoms with Gasteiger partial charge in [0.15, 0.2) is 0 Å². The molecule has 106 valence electrons. The van der Waals surface area contributed by atoms with E-state index in [-0.39, 0.29) is 10.9 Å². The fourth-order valence-corrected chi connectivity index (χ4v) is 3.71. The molecule has 0 heterocycles. The van der Waals surface area contributed by atoms with E-state index >= 15 is 0 Å². The van der Waals surface area contributed by atoms with Crippen molar-refractivity contribution >= 4 is 10.0 Å². The highest BCUT2D eigenvalue weighted by molar-refractivity contribution is 7.89. The molecule has 0 bridgehead atoms. The van der Waals surface area contributed by atoms with Gasteiger partial charge in [-0.05, 0) is 31.9 Å². The Labute approximate surface area is 114 Å². The van der Waals surface area contributed by atoms with Crippen molar-refractivity contribution in [1.29, 1.82) is 0 Å². The highest BCUT2D eigenvalue weighted by Crippen LogP contribution is 2.20. The topological polar surface area (TPSA) is 66.4 Å². The Balaban J connectivity index is 2.13. The number of nitrogens with one attached hydrogen (secondary N) is 1. The molecule has 1 aromatic carbocycles. The molecule has 0 saturated heterocycles. The third kappa shape index (κ3) is 3.78. The van der Waals surface area contributed by atoms with Gasteiger partial charge in [-0.1, -0.05) is 37.0 Å². The van der Waals surface area contributed by atoms with Crippen LogP contribution in [0.4, 0.5) is 0 Å². The highest BCUT2D eigenvalue weighted by atomic mass is 32.2. The number of sulfonamides is 1. The van der Waals surface area contributed by atoms with E-state index in [2.05, 4.69) is 4.72 Å². The van der Waals surface area contributed by atoms with Gasteiger partial charge in [-0.2, -0.15) is 0 Å². The van der Waals surface area contributed by atoms with Crippen LogP contribution in [0.15, 0.2) is 29.2 Å². The minimum absolute atomic E-state index is 0.259. The lowest BCUT2D eigenvalue weighted by molar-refractivity contribution is 0.130. The number of benzene rings is 1. The second-order valence-corrected chi connectivity index (χ2v) is 6.96. The lowest BCUT2D eigenvalue weighted by Gasteiger charge is -2.21. The molecule has 2 rings (SSSR count). The zero-order chi connectivity index (χ0) is 13.9. The minimum Gasteiger partial charge on any atom is -0.391 e. The summed E-state index contributed by atoms with van der Waals surface area (Å²) in [5.74, 6) is 0. The van der Waals surface area contributed by atoms with Gasteiger partial charge in [0.25, 0.3) is 0 Å². The van der Waals surface area contributed by atoms with E-state index in [4.69, 9.17) is 0 Å². The largest absolute Gasteiger partial charge is 0.391 e. The normalized spacial score (nSPS) is 24.9. The maximum atomic E-state index is 12.2. The number of aliphatic hydroxyl groups is 1. The summed E-state index contributed by atoms with van der Waals surface area (Å²) in [7, 11) is -3.54. The maximum Gasteiger partial charge on any atom is 0.240 e. The average molecular weight is 283 g/mol. The van der Waals surface area contributed by atoms with Crippen LogP contribution in [-0.4, -0.2) is 25.7 Å². The second-order valence-electron chi connectivity index (χ2n) is 5.25. The molecule has 1 fully saturated rings. The average Bonchev–Trinajstić information content (AvgIpc) is 2.55. The summed E-state index contributed by atoms with van der Waals surface area (Å²) in [4.78, 5) is 0.259. The molecule has 2 atom stereocenters. The third-order valence-electron chi connectivity index (χ3n) is 3.62. The van der Waals surface area contributed by atoms with Gasteiger partial charge >= 0.3 is 0 Å². The van der Waals surface area contributed by atoms with Crippen LogP contribution in [0.3, 0.4) is 0 Å². The Hall–Kier alpha value is -0.910. The number of aryl methyl sites for hydroxylation is 1. The van der Waals surface area contributed by atoms with Crippen LogP contribution in [0.5, 0.6) is 0 Å². The fourth-order valence-electron chi connectivity index (χ4n) is 2.41. The van der Waals surface area contributed by atoms with Crippen molar-refractivity contribution < 1.29 is 13.5 Å². The Kier molecular flexibility index (Phi) is 4.60. The van der Waals surface area contributed by atoms with Crippen molar-refractivity contribution in [2.24, 2.45) is 0 Å². The van der Waals surface area contributed by atoms with Crippen molar-refractivity contribution in [3.05, 3.63) is 29.8 Å². The number of rotatable bonds is 3. The predicted octanol–water partition coefficient (Wildman–Crippen LogP) is 1.97. The quantitative estimate of drug-likeness (QED) is 0.833. The molecular formula is C14H21NO3S. The van der Waals surface area contributed by atoms with E-state index in [0.717, 1.165) is 24.8 Å². The Morgan fingerprint density at radius 2 is 1.74 bits per heavy atom. The highest BCUT2D eigenvalue weighted by Gasteiger charge is 2.26. The van der Waals surface area contributed by atoms with Gasteiger partial charge in [0.2, 0.25) is 10.0 Å². The van der Waals surface area contributed by atoms with Crippen molar-refractivity contribution in [3.8, 4) is 0 Å². The van der Waals surface area contributed by atoms with E-state index < -0.39 is 16.1 Å². The monoisotopic (exact) mass is 283 g/mol. The summed E-state index contributed by atoms with van der Waals surface area (Å²) >= 11 is 0. The molecule has 0 aliphatic heterocycles. The van der Waals surface area contributed by atoms with Crippen molar-refractivity contribution in [2.45, 2.75) is 56.1 Å². The molecule has 5 heteroatoms. The summed E-state index contributed by atoms with van der Waals surface area (Å²) in [5, 5.41) is 9.98. The first kappa shape index (κ1) is 14.5. The van der Waals surface area contributed by atoms with Gasteiger partial charge in [-0.3, -0.25) is 0 Å². The first-order chi connectivity index (χ1) is 8.99. The summed E-state index contributed by atoms with van der Waals surface area (Å²) in [6, 6.07) is 6.38. The molecule has 4 nitrogen and oxygen atoms in total. The van der Waals surface area contributed by atoms with Crippen LogP contribution in [-0.2, 0) is 10.0 Å². The van der Waals surface area contributed by atoms with Crippen LogP contribution in [0, 0.1) is 6.92 Å². The summed E-state index contributed by atoms with van der Waals surface area (Å²) in [5.41, 5.74) is 1.02. The summed E-state index contributed by atoms with van der Waals surface area (Å²) in [6.45, 7) is 1.92. The number of hydrogen-bond acceptors (Lipinski definition) is 3. The van der Waals surface area contributed by atoms with Gasteiger partial charge in [-0.15, -0.1) is 0 Å². The summed E-state index contributed by atoms with van der Waals surface area (Å²) in [6.07, 6.45) is 3.76. The molecule has 0 spiro atoms. The van der Waals surface area contributed by atoms with Gasteiger partial charge in [-0.25, -0.2) is 13.1 Å². The minimum atomic E-state index is -3.54. The van der Waals surface area contributed by atoms with E-state index in [1.807, 2.05) is 6.92 Å². The molecule has 0 amide bonds. The molecule has 0 radical (unpaired) electrons. The molecule has 1 aliphatic carbocycles. The van der Waals surface area contributed by atoms with Crippen molar-refractivity contribution in [3.63, 3.8) is 0 Å². The zero-order valence-electron chi connectivity index (χ0n) is 11.2. The first-order valence-electron chi connectivity index (χ1n) is 6.76. The summed E-state index contributed by atoms with van der Waals surface area (Å²) < 4.78 is 27.1. The van der Waals surface area contributed by atoms with Crippen LogP contribution >= 0.6 is 0 Å². The van der Waals surface area contributed by atoms with Crippen LogP contribution in [0.25, 0.3) is 0 Å². The van der Waals surface area contributed by atoms with Gasteiger partial charge in [0.05, 0.1) is 11.0 Å². The predicted molar refractivity (Wildman–Crippen MR) is 74.4 cm³/mol. The smallest absolute Gasteiger partial charge is 0.240 e. The molecule has 1 aliphatic rings. The molecule has 1 aromatic rings. The van der Waals surface area contributed by atoms with E-state index in [1.165, 1.54) is 0 Å². The van der Waals surface area contributed by atoms with Crippen LogP contribution < -0.4 is 4.72 Å². The first-order valence-corrected chi connectivity index (χ1v) is 8.24. The van der Waals surface area contributed by atoms with Crippen LogP contribution in [0.1, 0.15) is 37.7 Å². The Morgan fingerprint density at radius 1 is 1.11 bits per heavy atom. The van der Waals surface area contributed by atoms with Crippen molar-refractivity contribution in [2.75, 3.05) is 0 Å². The standard InChI is InChI=1S/C14H21NO3S/c1-11-7-9-12(10-8-11)19(17,18)15-13-5-3-2-4-6-14(13)16/h7-10,13-16H,2-6H2,1H3/t13-,14-/m1/s1. The van der Waals surface area contributed by atoms with Gasteiger partial charge in [0, 0.05) is 6.04 Å². The number of hydrogen-bond donors (Lipinski definition) is 2. The van der Waals surface area contributed by atoms with E-state index in [0.29, 0.717) is 12.8 Å². The molecule has 2 N–H and O–H groups in total. The molecule has 19 heavy (non-hydrogen) atoms. The van der Waals surface area contributed by atoms with Crippen molar-refractivity contribution in [1.82, 2.24) is 4.72 Å². The van der Waals surface area contributed by atoms with Gasteiger partial charge in [0.1, 0.15) is 0 Å². The lowest BCUT2D eigenvalue weighted by atomic mass is 10.1. The molecular weight excluding hydrogens is 262 g/mol. The van der Waals surface area contributed by atoms with E-state index in [9.17, 15) is 13.5 Å². The Bertz CT molecular complexity index is 510. The molecule has 0 aromatic heterocycles. The lowest BCUT2D eigenvalue weighted by Crippen LogP contribution is -2.42. The SMILES string of the molecule is Cc1ccc(S(=O)(=O)N[C@@H]2CCCCC[C@H]2O)cc1. The molecule has 0 unspecified atom stereocenters. The zero-order valence-corrected chi connectivity index (χ0v) is 12.0. The third-order valence-corrected chi connectivity index (χ3v) is 5.12. The van der Waals surface area contributed by atoms with Crippen LogP contribution in [0.2, 0.25) is 0 Å². The fraction of sp³-hybridized carbons (Fsp3) is 0.571. The second kappa shape index (κ2) is 6.03. The maximum absolute atomic E-state index is 12.2. The van der Waals surface area contributed by atoms with E-state index in [1.54, 1.807) is 24.3 Å². The van der Waals surface area contributed by atoms with Gasteiger partial charge < -0.3 is 5.11 Å². The Morgan fingerprint density at radius 3 is 2.42 bits per heavy atom. The number of aliphatic hydroxyl groups excluding tert-OH is 1. The molecule has 1 saturated carbocycles.